The van der Waals surface area contributed by atoms with Crippen LogP contribution in [-0.4, -0.2) is 82.8 Å². The Labute approximate surface area is 255 Å². The van der Waals surface area contributed by atoms with Gasteiger partial charge in [0.15, 0.2) is 0 Å². The van der Waals surface area contributed by atoms with Gasteiger partial charge >= 0.3 is 6.09 Å². The van der Waals surface area contributed by atoms with E-state index in [1.807, 2.05) is 61.9 Å². The highest BCUT2D eigenvalue weighted by Crippen LogP contribution is 2.26. The Morgan fingerprint density at radius 3 is 2.53 bits per heavy atom. The molecular weight excluding hydrogens is 560 g/mol. The third-order valence-corrected chi connectivity index (χ3v) is 8.54. The van der Waals surface area contributed by atoms with Crippen molar-refractivity contribution in [3.05, 3.63) is 66.6 Å². The first-order valence-corrected chi connectivity index (χ1v) is 18.1. The average Bonchev–Trinajstić information content (AvgIpc) is 3.44. The molecule has 0 saturated carbocycles. The zero-order chi connectivity index (χ0) is 30.4. The molecule has 4 aromatic rings. The predicted molar refractivity (Wildman–Crippen MR) is 170 cm³/mol. The summed E-state index contributed by atoms with van der Waals surface area (Å²) in [4.78, 5) is 25.8. The summed E-state index contributed by atoms with van der Waals surface area (Å²) in [5, 5.41) is 5.40. The molecule has 11 heteroatoms. The molecule has 0 unspecified atom stereocenters. The summed E-state index contributed by atoms with van der Waals surface area (Å²) in [5.74, 6) is 1.22. The monoisotopic (exact) mass is 602 g/mol. The first-order valence-electron chi connectivity index (χ1n) is 15.0. The number of aromatic nitrogens is 4. The number of carbonyl (C=O) groups excluding carboxylic acids is 1. The van der Waals surface area contributed by atoms with Gasteiger partial charge in [0.05, 0.1) is 16.9 Å². The average molecular weight is 603 g/mol. The van der Waals surface area contributed by atoms with E-state index < -0.39 is 14.4 Å². The van der Waals surface area contributed by atoms with Crippen molar-refractivity contribution in [3.8, 4) is 22.9 Å². The second-order valence-electron chi connectivity index (χ2n) is 12.3. The van der Waals surface area contributed by atoms with Crippen molar-refractivity contribution in [2.24, 2.45) is 0 Å². The topological polar surface area (TPSA) is 94.8 Å². The molecule has 0 radical (unpaired) electrons. The van der Waals surface area contributed by atoms with Crippen LogP contribution in [0.2, 0.25) is 19.1 Å². The van der Waals surface area contributed by atoms with E-state index in [1.165, 1.54) is 0 Å². The summed E-state index contributed by atoms with van der Waals surface area (Å²) in [6.07, 6.45) is 3.33. The summed E-state index contributed by atoms with van der Waals surface area (Å²) in [7, 11) is -0.619. The van der Waals surface area contributed by atoms with Gasteiger partial charge in [-0.1, -0.05) is 19.2 Å². The van der Waals surface area contributed by atoms with Crippen LogP contribution in [-0.2, 0) is 22.7 Å². The first-order chi connectivity index (χ1) is 20.6. The number of amides is 1. The Hall–Kier alpha value is -3.80. The molecule has 5 rings (SSSR count). The van der Waals surface area contributed by atoms with Crippen molar-refractivity contribution >= 4 is 25.8 Å². The van der Waals surface area contributed by atoms with Crippen molar-refractivity contribution in [1.29, 1.82) is 0 Å². The molecule has 0 aliphatic carbocycles. The molecule has 0 N–H and O–H groups in total. The molecule has 3 aromatic heterocycles. The molecule has 0 spiro atoms. The molecular formula is C32H42N6O4Si. The number of nitrogens with zero attached hydrogens (tertiary/aromatic N) is 6. The van der Waals surface area contributed by atoms with Gasteiger partial charge in [0.1, 0.15) is 18.1 Å². The molecule has 1 aromatic carbocycles. The van der Waals surface area contributed by atoms with E-state index in [0.717, 1.165) is 60.1 Å². The van der Waals surface area contributed by atoms with Crippen LogP contribution in [0, 0.1) is 0 Å². The van der Waals surface area contributed by atoms with Crippen molar-refractivity contribution in [2.75, 3.05) is 32.8 Å². The Kier molecular flexibility index (Phi) is 9.74. The van der Waals surface area contributed by atoms with Crippen LogP contribution < -0.4 is 4.74 Å². The summed E-state index contributed by atoms with van der Waals surface area (Å²) >= 11 is 0. The number of piperazine rings is 1. The molecule has 0 bridgehead atoms. The third kappa shape index (κ3) is 8.62. The molecule has 1 amide bonds. The summed E-state index contributed by atoms with van der Waals surface area (Å²) in [5.41, 5.74) is 3.33. The number of ether oxygens (including phenoxy) is 3. The fraction of sp³-hybridized carbons (Fsp3) is 0.438. The quantitative estimate of drug-likeness (QED) is 0.166. The third-order valence-electron chi connectivity index (χ3n) is 7.15. The lowest BCUT2D eigenvalue weighted by atomic mass is 10.2. The van der Waals surface area contributed by atoms with E-state index >= 15 is 0 Å². The lowest BCUT2D eigenvalue weighted by molar-refractivity contribution is 0.0138. The number of hydrogen-bond donors (Lipinski definition) is 0. The van der Waals surface area contributed by atoms with E-state index in [4.69, 9.17) is 19.2 Å². The van der Waals surface area contributed by atoms with Gasteiger partial charge in [-0.15, -0.1) is 0 Å². The molecule has 10 nitrogen and oxygen atoms in total. The summed E-state index contributed by atoms with van der Waals surface area (Å²) in [6, 6.07) is 17.0. The number of hydrogen-bond acceptors (Lipinski definition) is 8. The predicted octanol–water partition coefficient (Wildman–Crippen LogP) is 5.80. The maximum atomic E-state index is 12.4. The standard InChI is InChI=1S/C32H42N6O4Si/c1-32(2,3)42-31(39)37-16-14-36(15-17-37)22-26-8-6-24-20-27(9-10-28(24)35-26)41-30-11-7-25(21-33-30)29-12-13-34-38(29)23-40-18-19-43(4)5/h6-13,20-21,43H,14-19,22-23H2,1-5H3. The van der Waals surface area contributed by atoms with E-state index in [1.54, 1.807) is 17.3 Å². The highest BCUT2D eigenvalue weighted by atomic mass is 28.3. The van der Waals surface area contributed by atoms with Crippen molar-refractivity contribution in [2.45, 2.75) is 58.8 Å². The molecule has 4 heterocycles. The normalized spacial score (nSPS) is 14.4. The molecule has 0 atom stereocenters. The summed E-state index contributed by atoms with van der Waals surface area (Å²) in [6.45, 7) is 15.1. The largest absolute Gasteiger partial charge is 0.444 e. The van der Waals surface area contributed by atoms with E-state index in [0.29, 0.717) is 31.4 Å². The van der Waals surface area contributed by atoms with Gasteiger partial charge in [0.25, 0.3) is 0 Å². The Morgan fingerprint density at radius 2 is 1.81 bits per heavy atom. The van der Waals surface area contributed by atoms with Gasteiger partial charge in [0.2, 0.25) is 5.88 Å². The zero-order valence-corrected chi connectivity index (χ0v) is 27.0. The molecule has 1 saturated heterocycles. The molecule has 228 valence electrons. The maximum absolute atomic E-state index is 12.4. The summed E-state index contributed by atoms with van der Waals surface area (Å²) < 4.78 is 19.3. The number of carbonyl (C=O) groups is 1. The van der Waals surface area contributed by atoms with E-state index in [2.05, 4.69) is 40.2 Å². The zero-order valence-electron chi connectivity index (χ0n) is 25.8. The molecule has 1 aliphatic rings. The minimum absolute atomic E-state index is 0.244. The van der Waals surface area contributed by atoms with Gasteiger partial charge in [-0.3, -0.25) is 9.88 Å². The van der Waals surface area contributed by atoms with E-state index in [-0.39, 0.29) is 6.09 Å². The lowest BCUT2D eigenvalue weighted by Gasteiger charge is -2.35. The SMILES string of the molecule is C[SiH](C)CCOCn1nccc1-c1ccc(Oc2ccc3nc(CN4CCN(C(=O)OC(C)(C)C)CC4)ccc3c2)nc1. The number of benzene rings is 1. The second kappa shape index (κ2) is 13.7. The van der Waals surface area contributed by atoms with Crippen LogP contribution >= 0.6 is 0 Å². The van der Waals surface area contributed by atoms with Gasteiger partial charge in [-0.2, -0.15) is 5.10 Å². The minimum Gasteiger partial charge on any atom is -0.444 e. The van der Waals surface area contributed by atoms with Gasteiger partial charge < -0.3 is 19.1 Å². The Bertz CT molecular complexity index is 1510. The van der Waals surface area contributed by atoms with Gasteiger partial charge in [-0.05, 0) is 63.2 Å². The molecule has 43 heavy (non-hydrogen) atoms. The highest BCUT2D eigenvalue weighted by molar-refractivity contribution is 6.55. The first kappa shape index (κ1) is 30.6. The van der Waals surface area contributed by atoms with Gasteiger partial charge in [0, 0.05) is 77.5 Å². The smallest absolute Gasteiger partial charge is 0.410 e. The lowest BCUT2D eigenvalue weighted by Crippen LogP contribution is -2.49. The molecule has 1 fully saturated rings. The Morgan fingerprint density at radius 1 is 1.00 bits per heavy atom. The van der Waals surface area contributed by atoms with Crippen LogP contribution in [0.3, 0.4) is 0 Å². The van der Waals surface area contributed by atoms with Crippen molar-refractivity contribution in [3.63, 3.8) is 0 Å². The van der Waals surface area contributed by atoms with Crippen molar-refractivity contribution < 1.29 is 19.0 Å². The number of fused-ring (bicyclic) bond motifs is 1. The van der Waals surface area contributed by atoms with Crippen LogP contribution in [0.4, 0.5) is 4.79 Å². The number of pyridine rings is 2. The van der Waals surface area contributed by atoms with Crippen LogP contribution in [0.15, 0.2) is 60.9 Å². The van der Waals surface area contributed by atoms with Crippen LogP contribution in [0.25, 0.3) is 22.2 Å². The Balaban J connectivity index is 1.15. The highest BCUT2D eigenvalue weighted by Gasteiger charge is 2.26. The molecule has 1 aliphatic heterocycles. The fourth-order valence-electron chi connectivity index (χ4n) is 4.81. The van der Waals surface area contributed by atoms with E-state index in [9.17, 15) is 4.79 Å². The van der Waals surface area contributed by atoms with Crippen LogP contribution in [0.1, 0.15) is 26.5 Å². The number of rotatable bonds is 10. The van der Waals surface area contributed by atoms with Gasteiger partial charge in [-0.25, -0.2) is 14.5 Å². The minimum atomic E-state index is -0.619. The fourth-order valence-corrected chi connectivity index (χ4v) is 5.44. The second-order valence-corrected chi connectivity index (χ2v) is 15.7. The van der Waals surface area contributed by atoms with Crippen molar-refractivity contribution in [1.82, 2.24) is 29.5 Å². The maximum Gasteiger partial charge on any atom is 0.410 e. The van der Waals surface area contributed by atoms with Crippen LogP contribution in [0.5, 0.6) is 11.6 Å².